The van der Waals surface area contributed by atoms with Gasteiger partial charge in [0.15, 0.2) is 0 Å². The minimum Gasteiger partial charge on any atom is -0.422 e. The van der Waals surface area contributed by atoms with Gasteiger partial charge in [0.1, 0.15) is 11.1 Å². The van der Waals surface area contributed by atoms with E-state index in [-0.39, 0.29) is 11.0 Å². The highest BCUT2D eigenvalue weighted by atomic mass is 19.4. The van der Waals surface area contributed by atoms with Gasteiger partial charge in [-0.3, -0.25) is 0 Å². The van der Waals surface area contributed by atoms with Gasteiger partial charge in [0.25, 0.3) is 0 Å². The first-order valence-electron chi connectivity index (χ1n) is 4.28. The standard InChI is InChI=1S/C10H6F3NO2/c11-10(12,13)7-3-5-1-2-6(14)4-8(5)16-9(7)15/h1-4H,14H2. The number of nitrogens with two attached hydrogens (primary N) is 1. The molecule has 2 rings (SSSR count). The molecule has 0 aliphatic rings. The third kappa shape index (κ3) is 1.73. The van der Waals surface area contributed by atoms with Crippen LogP contribution in [0.3, 0.4) is 0 Å². The summed E-state index contributed by atoms with van der Waals surface area (Å²) in [6.45, 7) is 0. The lowest BCUT2D eigenvalue weighted by atomic mass is 10.1. The molecule has 0 atom stereocenters. The Balaban J connectivity index is 2.78. The van der Waals surface area contributed by atoms with Gasteiger partial charge < -0.3 is 10.2 Å². The van der Waals surface area contributed by atoms with Gasteiger partial charge in [-0.1, -0.05) is 0 Å². The van der Waals surface area contributed by atoms with Crippen LogP contribution in [0.2, 0.25) is 0 Å². The summed E-state index contributed by atoms with van der Waals surface area (Å²) < 4.78 is 41.7. The maximum atomic E-state index is 12.4. The Labute approximate surface area is 87.3 Å². The largest absolute Gasteiger partial charge is 0.423 e. The molecule has 0 unspecified atom stereocenters. The van der Waals surface area contributed by atoms with Gasteiger partial charge in [-0.05, 0) is 18.2 Å². The molecule has 1 heterocycles. The predicted octanol–water partition coefficient (Wildman–Crippen LogP) is 2.39. The topological polar surface area (TPSA) is 56.2 Å². The second-order valence-corrected chi connectivity index (χ2v) is 3.24. The third-order valence-corrected chi connectivity index (χ3v) is 2.07. The van der Waals surface area contributed by atoms with Crippen LogP contribution in [-0.4, -0.2) is 0 Å². The molecule has 0 fully saturated rings. The van der Waals surface area contributed by atoms with Gasteiger partial charge in [0.2, 0.25) is 0 Å². The van der Waals surface area contributed by atoms with E-state index in [2.05, 4.69) is 4.42 Å². The fraction of sp³-hybridized carbons (Fsp3) is 0.100. The van der Waals surface area contributed by atoms with Crippen LogP contribution in [0.4, 0.5) is 18.9 Å². The van der Waals surface area contributed by atoms with E-state index < -0.39 is 17.4 Å². The van der Waals surface area contributed by atoms with Crippen molar-refractivity contribution in [2.24, 2.45) is 0 Å². The molecule has 0 saturated heterocycles. The Morgan fingerprint density at radius 1 is 1.19 bits per heavy atom. The Morgan fingerprint density at radius 3 is 2.50 bits per heavy atom. The molecular formula is C10H6F3NO2. The van der Waals surface area contributed by atoms with Crippen LogP contribution in [0, 0.1) is 0 Å². The van der Waals surface area contributed by atoms with Gasteiger partial charge in [0, 0.05) is 17.1 Å². The molecule has 0 aliphatic carbocycles. The van der Waals surface area contributed by atoms with Crippen molar-refractivity contribution in [2.45, 2.75) is 6.18 Å². The molecule has 2 N–H and O–H groups in total. The minimum absolute atomic E-state index is 0.0398. The zero-order chi connectivity index (χ0) is 11.9. The lowest BCUT2D eigenvalue weighted by Crippen LogP contribution is -2.17. The summed E-state index contributed by atoms with van der Waals surface area (Å²) in [5.41, 5.74) is 3.04. The highest BCUT2D eigenvalue weighted by Gasteiger charge is 2.35. The summed E-state index contributed by atoms with van der Waals surface area (Å²) in [6, 6.07) is 4.85. The van der Waals surface area contributed by atoms with E-state index in [0.717, 1.165) is 6.07 Å². The summed E-state index contributed by atoms with van der Waals surface area (Å²) in [5.74, 6) is 0. The first-order valence-corrected chi connectivity index (χ1v) is 4.28. The Bertz CT molecular complexity index is 601. The van der Waals surface area contributed by atoms with E-state index in [1.807, 2.05) is 0 Å². The lowest BCUT2D eigenvalue weighted by Gasteiger charge is -2.05. The maximum absolute atomic E-state index is 12.4. The number of hydrogen-bond donors (Lipinski definition) is 1. The molecule has 0 spiro atoms. The molecule has 0 aliphatic heterocycles. The maximum Gasteiger partial charge on any atom is 0.423 e. The van der Waals surface area contributed by atoms with Crippen LogP contribution in [-0.2, 0) is 6.18 Å². The van der Waals surface area contributed by atoms with Crippen LogP contribution in [0.5, 0.6) is 0 Å². The number of hydrogen-bond acceptors (Lipinski definition) is 3. The molecule has 84 valence electrons. The molecule has 3 nitrogen and oxygen atoms in total. The van der Waals surface area contributed by atoms with Gasteiger partial charge in [-0.15, -0.1) is 0 Å². The number of halogens is 3. The highest BCUT2D eigenvalue weighted by Crippen LogP contribution is 2.29. The molecule has 0 radical (unpaired) electrons. The van der Waals surface area contributed by atoms with Gasteiger partial charge in [-0.2, -0.15) is 13.2 Å². The van der Waals surface area contributed by atoms with Crippen LogP contribution >= 0.6 is 0 Å². The molecule has 2 aromatic rings. The van der Waals surface area contributed by atoms with E-state index in [1.54, 1.807) is 0 Å². The number of rotatable bonds is 0. The van der Waals surface area contributed by atoms with Crippen molar-refractivity contribution < 1.29 is 17.6 Å². The average Bonchev–Trinajstić information content (AvgIpc) is 2.14. The first-order chi connectivity index (χ1) is 7.38. The van der Waals surface area contributed by atoms with Crippen LogP contribution in [0.1, 0.15) is 5.56 Å². The molecule has 1 aromatic heterocycles. The van der Waals surface area contributed by atoms with Gasteiger partial charge >= 0.3 is 11.8 Å². The molecule has 6 heteroatoms. The molecule has 1 aromatic carbocycles. The second-order valence-electron chi connectivity index (χ2n) is 3.24. The molecular weight excluding hydrogens is 223 g/mol. The fourth-order valence-corrected chi connectivity index (χ4v) is 1.33. The number of benzene rings is 1. The highest BCUT2D eigenvalue weighted by molar-refractivity contribution is 5.80. The molecule has 0 amide bonds. The summed E-state index contributed by atoms with van der Waals surface area (Å²) >= 11 is 0. The van der Waals surface area contributed by atoms with Gasteiger partial charge in [-0.25, -0.2) is 4.79 Å². The van der Waals surface area contributed by atoms with Crippen LogP contribution < -0.4 is 11.4 Å². The van der Waals surface area contributed by atoms with E-state index >= 15 is 0 Å². The molecule has 0 bridgehead atoms. The second kappa shape index (κ2) is 3.26. The van der Waals surface area contributed by atoms with Gasteiger partial charge in [0.05, 0.1) is 0 Å². The van der Waals surface area contributed by atoms with E-state index in [0.29, 0.717) is 5.69 Å². The lowest BCUT2D eigenvalue weighted by molar-refractivity contribution is -0.139. The molecule has 16 heavy (non-hydrogen) atoms. The van der Waals surface area contributed by atoms with Crippen molar-refractivity contribution in [3.8, 4) is 0 Å². The van der Waals surface area contributed by atoms with E-state index in [4.69, 9.17) is 5.73 Å². The van der Waals surface area contributed by atoms with Crippen LogP contribution in [0.15, 0.2) is 33.5 Å². The number of anilines is 1. The summed E-state index contributed by atoms with van der Waals surface area (Å²) in [6.07, 6.45) is -4.71. The van der Waals surface area contributed by atoms with E-state index in [9.17, 15) is 18.0 Å². The summed E-state index contributed by atoms with van der Waals surface area (Å²) in [4.78, 5) is 11.1. The fourth-order valence-electron chi connectivity index (χ4n) is 1.33. The summed E-state index contributed by atoms with van der Waals surface area (Å²) in [5, 5.41) is 0.182. The van der Waals surface area contributed by atoms with Crippen molar-refractivity contribution in [1.82, 2.24) is 0 Å². The normalized spacial score (nSPS) is 11.9. The Kier molecular flexibility index (Phi) is 2.15. The van der Waals surface area contributed by atoms with Crippen LogP contribution in [0.25, 0.3) is 11.0 Å². The quantitative estimate of drug-likeness (QED) is 0.557. The summed E-state index contributed by atoms with van der Waals surface area (Å²) in [7, 11) is 0. The van der Waals surface area contributed by atoms with Crippen molar-refractivity contribution >= 4 is 16.7 Å². The van der Waals surface area contributed by atoms with Crippen molar-refractivity contribution in [2.75, 3.05) is 5.73 Å². The zero-order valence-corrected chi connectivity index (χ0v) is 7.84. The number of nitrogen functional groups attached to an aromatic ring is 1. The van der Waals surface area contributed by atoms with Crippen molar-refractivity contribution in [3.63, 3.8) is 0 Å². The first kappa shape index (κ1) is 10.5. The minimum atomic E-state index is -4.71. The smallest absolute Gasteiger partial charge is 0.422 e. The Hall–Kier alpha value is -1.98. The third-order valence-electron chi connectivity index (χ3n) is 2.07. The number of fused-ring (bicyclic) bond motifs is 1. The van der Waals surface area contributed by atoms with Crippen molar-refractivity contribution in [1.29, 1.82) is 0 Å². The van der Waals surface area contributed by atoms with Crippen molar-refractivity contribution in [3.05, 3.63) is 40.2 Å². The predicted molar refractivity (Wildman–Crippen MR) is 51.9 cm³/mol. The number of alkyl halides is 3. The van der Waals surface area contributed by atoms with E-state index in [1.165, 1.54) is 18.2 Å². The molecule has 0 saturated carbocycles. The Morgan fingerprint density at radius 2 is 1.88 bits per heavy atom. The SMILES string of the molecule is Nc1ccc2cc(C(F)(F)F)c(=O)oc2c1. The zero-order valence-electron chi connectivity index (χ0n) is 7.84. The monoisotopic (exact) mass is 229 g/mol. The average molecular weight is 229 g/mol.